The molecule has 0 saturated heterocycles. The second-order valence-corrected chi connectivity index (χ2v) is 4.51. The number of hydrogen-bond acceptors (Lipinski definition) is 3. The fourth-order valence-electron chi connectivity index (χ4n) is 1.82. The average Bonchev–Trinajstić information content (AvgIpc) is 2.27. The third-order valence-electron chi connectivity index (χ3n) is 2.64. The molecule has 1 heterocycles. The van der Waals surface area contributed by atoms with E-state index in [4.69, 9.17) is 14.2 Å². The van der Waals surface area contributed by atoms with Gasteiger partial charge in [0.05, 0.1) is 19.3 Å². The Hall–Kier alpha value is -1.64. The van der Waals surface area contributed by atoms with Crippen LogP contribution in [0.3, 0.4) is 0 Å². The molecule has 0 saturated carbocycles. The van der Waals surface area contributed by atoms with Gasteiger partial charge in [0.15, 0.2) is 0 Å². The lowest BCUT2D eigenvalue weighted by molar-refractivity contribution is 0.157. The summed E-state index contributed by atoms with van der Waals surface area (Å²) in [6, 6.07) is 3.78. The topological polar surface area (TPSA) is 27.7 Å². The number of ether oxygens (including phenoxy) is 3. The molecule has 0 unspecified atom stereocenters. The predicted octanol–water partition coefficient (Wildman–Crippen LogP) is 3.28. The molecule has 3 nitrogen and oxygen atoms in total. The fourth-order valence-corrected chi connectivity index (χ4v) is 1.82. The fraction of sp³-hybridized carbons (Fsp3) is 0.429. The highest BCUT2D eigenvalue weighted by Crippen LogP contribution is 2.40. The molecule has 0 spiro atoms. The van der Waals surface area contributed by atoms with Crippen molar-refractivity contribution in [1.29, 1.82) is 0 Å². The second kappa shape index (κ2) is 4.32. The van der Waals surface area contributed by atoms with Gasteiger partial charge in [0, 0.05) is 12.1 Å². The minimum atomic E-state index is -0.289. The summed E-state index contributed by atoms with van der Waals surface area (Å²) in [7, 11) is 1.64. The van der Waals surface area contributed by atoms with E-state index in [2.05, 4.69) is 0 Å². The van der Waals surface area contributed by atoms with Crippen LogP contribution in [0.15, 0.2) is 18.2 Å². The molecule has 0 fully saturated rings. The Morgan fingerprint density at radius 1 is 1.29 bits per heavy atom. The van der Waals surface area contributed by atoms with Crippen LogP contribution in [0.4, 0.5) is 0 Å². The van der Waals surface area contributed by atoms with Crippen molar-refractivity contribution in [2.75, 3.05) is 13.7 Å². The molecular weight excluding hydrogens is 216 g/mol. The van der Waals surface area contributed by atoms with E-state index in [0.29, 0.717) is 6.61 Å². The molecule has 0 bridgehead atoms. The van der Waals surface area contributed by atoms with E-state index in [0.717, 1.165) is 22.8 Å². The van der Waals surface area contributed by atoms with Crippen LogP contribution in [0, 0.1) is 0 Å². The zero-order valence-electron chi connectivity index (χ0n) is 10.7. The maximum Gasteiger partial charge on any atom is 0.135 e. The van der Waals surface area contributed by atoms with Gasteiger partial charge in [-0.2, -0.15) is 0 Å². The molecule has 0 atom stereocenters. The molecule has 0 aromatic heterocycles. The van der Waals surface area contributed by atoms with Gasteiger partial charge in [-0.05, 0) is 32.9 Å². The van der Waals surface area contributed by atoms with E-state index in [1.165, 1.54) is 0 Å². The zero-order valence-corrected chi connectivity index (χ0v) is 10.7. The van der Waals surface area contributed by atoms with Gasteiger partial charge in [0.2, 0.25) is 0 Å². The number of hydrogen-bond donors (Lipinski definition) is 0. The first-order valence-corrected chi connectivity index (χ1v) is 5.79. The van der Waals surface area contributed by atoms with Crippen molar-refractivity contribution in [3.8, 4) is 17.2 Å². The van der Waals surface area contributed by atoms with Crippen molar-refractivity contribution in [3.63, 3.8) is 0 Å². The van der Waals surface area contributed by atoms with Crippen molar-refractivity contribution < 1.29 is 14.2 Å². The SMILES string of the molecule is CCOc1cc(OC)cc2c1C=CC(C)(C)O2. The quantitative estimate of drug-likeness (QED) is 0.803. The third-order valence-corrected chi connectivity index (χ3v) is 2.64. The largest absolute Gasteiger partial charge is 0.496 e. The maximum atomic E-state index is 5.90. The molecule has 17 heavy (non-hydrogen) atoms. The highest BCUT2D eigenvalue weighted by molar-refractivity contribution is 5.69. The van der Waals surface area contributed by atoms with Crippen LogP contribution in [-0.2, 0) is 0 Å². The number of benzene rings is 1. The molecule has 0 amide bonds. The Balaban J connectivity index is 2.49. The normalized spacial score (nSPS) is 16.0. The van der Waals surface area contributed by atoms with Gasteiger partial charge in [0.1, 0.15) is 22.8 Å². The molecule has 0 radical (unpaired) electrons. The van der Waals surface area contributed by atoms with E-state index < -0.39 is 0 Å². The van der Waals surface area contributed by atoms with Crippen molar-refractivity contribution in [3.05, 3.63) is 23.8 Å². The second-order valence-electron chi connectivity index (χ2n) is 4.51. The summed E-state index contributed by atoms with van der Waals surface area (Å²) in [4.78, 5) is 0. The third kappa shape index (κ3) is 2.38. The van der Waals surface area contributed by atoms with Gasteiger partial charge >= 0.3 is 0 Å². The molecule has 1 aliphatic heterocycles. The smallest absolute Gasteiger partial charge is 0.135 e. The molecule has 0 aliphatic carbocycles. The van der Waals surface area contributed by atoms with Gasteiger partial charge in [-0.1, -0.05) is 0 Å². The van der Waals surface area contributed by atoms with Crippen LogP contribution in [-0.4, -0.2) is 19.3 Å². The lowest BCUT2D eigenvalue weighted by Gasteiger charge is -2.29. The van der Waals surface area contributed by atoms with Gasteiger partial charge in [0.25, 0.3) is 0 Å². The predicted molar refractivity (Wildman–Crippen MR) is 67.9 cm³/mol. The molecule has 1 aromatic rings. The summed E-state index contributed by atoms with van der Waals surface area (Å²) in [6.45, 7) is 6.62. The first-order chi connectivity index (χ1) is 8.05. The summed E-state index contributed by atoms with van der Waals surface area (Å²) in [5.74, 6) is 2.35. The summed E-state index contributed by atoms with van der Waals surface area (Å²) in [5.41, 5.74) is 0.690. The van der Waals surface area contributed by atoms with Crippen LogP contribution < -0.4 is 14.2 Å². The first kappa shape index (κ1) is 11.8. The molecule has 92 valence electrons. The van der Waals surface area contributed by atoms with Gasteiger partial charge in [-0.25, -0.2) is 0 Å². The van der Waals surface area contributed by atoms with E-state index in [1.54, 1.807) is 7.11 Å². The first-order valence-electron chi connectivity index (χ1n) is 5.79. The lowest BCUT2D eigenvalue weighted by Crippen LogP contribution is -2.27. The summed E-state index contributed by atoms with van der Waals surface area (Å²) < 4.78 is 16.8. The number of fused-ring (bicyclic) bond motifs is 1. The van der Waals surface area contributed by atoms with Gasteiger partial charge < -0.3 is 14.2 Å². The summed E-state index contributed by atoms with van der Waals surface area (Å²) >= 11 is 0. The van der Waals surface area contributed by atoms with Gasteiger partial charge in [-0.15, -0.1) is 0 Å². The molecule has 3 heteroatoms. The van der Waals surface area contributed by atoms with Crippen molar-refractivity contribution in [2.45, 2.75) is 26.4 Å². The van der Waals surface area contributed by atoms with Crippen molar-refractivity contribution in [1.82, 2.24) is 0 Å². The molecule has 1 aromatic carbocycles. The number of rotatable bonds is 3. The minimum Gasteiger partial charge on any atom is -0.496 e. The Bertz CT molecular complexity index is 447. The molecule has 0 N–H and O–H groups in total. The van der Waals surface area contributed by atoms with Crippen LogP contribution in [0.2, 0.25) is 0 Å². The van der Waals surface area contributed by atoms with E-state index >= 15 is 0 Å². The van der Waals surface area contributed by atoms with Crippen LogP contribution in [0.25, 0.3) is 6.08 Å². The molecule has 2 rings (SSSR count). The highest BCUT2D eigenvalue weighted by atomic mass is 16.5. The molecule has 1 aliphatic rings. The van der Waals surface area contributed by atoms with Crippen LogP contribution >= 0.6 is 0 Å². The van der Waals surface area contributed by atoms with E-state index in [9.17, 15) is 0 Å². The number of methoxy groups -OCH3 is 1. The lowest BCUT2D eigenvalue weighted by atomic mass is 10.0. The van der Waals surface area contributed by atoms with Gasteiger partial charge in [-0.3, -0.25) is 0 Å². The van der Waals surface area contributed by atoms with Crippen LogP contribution in [0.5, 0.6) is 17.2 Å². The Morgan fingerprint density at radius 2 is 2.06 bits per heavy atom. The zero-order chi connectivity index (χ0) is 12.5. The standard InChI is InChI=1S/C14H18O3/c1-5-16-12-8-10(15-4)9-13-11(12)6-7-14(2,3)17-13/h6-9H,5H2,1-4H3. The molecular formula is C14H18O3. The van der Waals surface area contributed by atoms with Crippen LogP contribution in [0.1, 0.15) is 26.3 Å². The maximum absolute atomic E-state index is 5.90. The van der Waals surface area contributed by atoms with Crippen molar-refractivity contribution >= 4 is 6.08 Å². The Morgan fingerprint density at radius 3 is 2.71 bits per heavy atom. The monoisotopic (exact) mass is 234 g/mol. The Kier molecular flexibility index (Phi) is 3.01. The Labute approximate surface area is 102 Å². The summed E-state index contributed by atoms with van der Waals surface area (Å²) in [6.07, 6.45) is 4.08. The van der Waals surface area contributed by atoms with E-state index in [-0.39, 0.29) is 5.60 Å². The average molecular weight is 234 g/mol. The summed E-state index contributed by atoms with van der Waals surface area (Å²) in [5, 5.41) is 0. The minimum absolute atomic E-state index is 0.289. The highest BCUT2D eigenvalue weighted by Gasteiger charge is 2.24. The van der Waals surface area contributed by atoms with E-state index in [1.807, 2.05) is 45.1 Å². The van der Waals surface area contributed by atoms with Crippen molar-refractivity contribution in [2.24, 2.45) is 0 Å².